The first-order valence-corrected chi connectivity index (χ1v) is 4.08. The van der Waals surface area contributed by atoms with Crippen LogP contribution in [-0.4, -0.2) is 24.5 Å². The van der Waals surface area contributed by atoms with Crippen LogP contribution in [0.1, 0.15) is 19.3 Å². The summed E-state index contributed by atoms with van der Waals surface area (Å²) in [5.74, 6) is 0.742. The maximum absolute atomic E-state index is 5.83. The van der Waals surface area contributed by atoms with Crippen LogP contribution in [0.3, 0.4) is 0 Å². The molecule has 2 bridgehead atoms. The molecular weight excluding hydrogens is 126 g/mol. The first-order chi connectivity index (χ1) is 4.89. The van der Waals surface area contributed by atoms with Crippen molar-refractivity contribution in [3.8, 4) is 0 Å². The van der Waals surface area contributed by atoms with E-state index >= 15 is 0 Å². The molecule has 0 aromatic carbocycles. The summed E-state index contributed by atoms with van der Waals surface area (Å²) in [6.07, 6.45) is 6.40. The van der Waals surface area contributed by atoms with Gasteiger partial charge in [-0.1, -0.05) is 0 Å². The van der Waals surface area contributed by atoms with Gasteiger partial charge >= 0.3 is 0 Å². The molecule has 3 aliphatic heterocycles. The fraction of sp³-hybridized carbons (Fsp3) is 0.875. The monoisotopic (exact) mass is 137 g/mol. The quantitative estimate of drug-likeness (QED) is 0.488. The highest BCUT2D eigenvalue weighted by molar-refractivity contribution is 5.73. The summed E-state index contributed by atoms with van der Waals surface area (Å²) in [5.41, 5.74) is 0.130. The summed E-state index contributed by atoms with van der Waals surface area (Å²) in [6.45, 7) is 1.02. The van der Waals surface area contributed by atoms with Gasteiger partial charge in [0.2, 0.25) is 0 Å². The van der Waals surface area contributed by atoms with E-state index in [4.69, 9.17) is 4.74 Å². The Morgan fingerprint density at radius 2 is 2.60 bits per heavy atom. The van der Waals surface area contributed by atoms with Crippen molar-refractivity contribution >= 4 is 6.21 Å². The lowest BCUT2D eigenvalue weighted by Gasteiger charge is -2.21. The van der Waals surface area contributed by atoms with Crippen LogP contribution in [0.4, 0.5) is 0 Å². The summed E-state index contributed by atoms with van der Waals surface area (Å²) in [6, 6.07) is 0. The van der Waals surface area contributed by atoms with Crippen molar-refractivity contribution in [3.05, 3.63) is 0 Å². The fourth-order valence-electron chi connectivity index (χ4n) is 2.56. The Bertz CT molecular complexity index is 201. The van der Waals surface area contributed by atoms with Crippen molar-refractivity contribution in [3.63, 3.8) is 0 Å². The van der Waals surface area contributed by atoms with Gasteiger partial charge in [0.05, 0.1) is 6.10 Å². The second-order valence-electron chi connectivity index (χ2n) is 3.66. The molecule has 0 saturated carbocycles. The zero-order chi connectivity index (χ0) is 6.60. The number of nitrogens with zero attached hydrogens (tertiary/aromatic N) is 1. The van der Waals surface area contributed by atoms with Crippen LogP contribution >= 0.6 is 0 Å². The molecule has 0 N–H and O–H groups in total. The van der Waals surface area contributed by atoms with Crippen molar-refractivity contribution in [2.45, 2.75) is 31.0 Å². The third kappa shape index (κ3) is 0.439. The molecule has 1 spiro atoms. The van der Waals surface area contributed by atoms with Crippen LogP contribution < -0.4 is 0 Å². The summed E-state index contributed by atoms with van der Waals surface area (Å²) >= 11 is 0. The number of ether oxygens (including phenoxy) is 1. The molecule has 0 amide bonds. The lowest BCUT2D eigenvalue weighted by molar-refractivity contribution is 0.0579. The Morgan fingerprint density at radius 3 is 3.40 bits per heavy atom. The van der Waals surface area contributed by atoms with E-state index in [0.717, 1.165) is 12.5 Å². The van der Waals surface area contributed by atoms with Gasteiger partial charge in [-0.3, -0.25) is 4.99 Å². The van der Waals surface area contributed by atoms with E-state index in [-0.39, 0.29) is 5.60 Å². The van der Waals surface area contributed by atoms with Gasteiger partial charge in [-0.15, -0.1) is 0 Å². The summed E-state index contributed by atoms with van der Waals surface area (Å²) in [5, 5.41) is 0. The van der Waals surface area contributed by atoms with Crippen LogP contribution in [-0.2, 0) is 4.74 Å². The van der Waals surface area contributed by atoms with Crippen molar-refractivity contribution in [2.75, 3.05) is 6.54 Å². The Labute approximate surface area is 60.3 Å². The molecule has 2 fully saturated rings. The molecule has 3 unspecified atom stereocenters. The second kappa shape index (κ2) is 1.45. The summed E-state index contributed by atoms with van der Waals surface area (Å²) in [4.78, 5) is 4.29. The third-order valence-electron chi connectivity index (χ3n) is 3.12. The van der Waals surface area contributed by atoms with Crippen LogP contribution in [0.2, 0.25) is 0 Å². The van der Waals surface area contributed by atoms with Gasteiger partial charge in [0.25, 0.3) is 0 Å². The Hall–Kier alpha value is -0.370. The highest BCUT2D eigenvalue weighted by Gasteiger charge is 2.54. The molecule has 0 aliphatic carbocycles. The Balaban J connectivity index is 2.05. The predicted molar refractivity (Wildman–Crippen MR) is 38.3 cm³/mol. The molecule has 2 saturated heterocycles. The van der Waals surface area contributed by atoms with Gasteiger partial charge in [-0.05, 0) is 19.3 Å². The highest BCUT2D eigenvalue weighted by atomic mass is 16.5. The van der Waals surface area contributed by atoms with Gasteiger partial charge in [0.1, 0.15) is 5.60 Å². The van der Waals surface area contributed by atoms with Crippen LogP contribution in [0.15, 0.2) is 4.99 Å². The highest BCUT2D eigenvalue weighted by Crippen LogP contribution is 2.48. The zero-order valence-corrected chi connectivity index (χ0v) is 5.92. The second-order valence-corrected chi connectivity index (χ2v) is 3.66. The molecule has 0 radical (unpaired) electrons. The van der Waals surface area contributed by atoms with E-state index in [0.29, 0.717) is 6.10 Å². The lowest BCUT2D eigenvalue weighted by Crippen LogP contribution is -2.32. The normalized spacial score (nSPS) is 56.0. The van der Waals surface area contributed by atoms with Crippen LogP contribution in [0.25, 0.3) is 0 Å². The van der Waals surface area contributed by atoms with Crippen molar-refractivity contribution in [1.82, 2.24) is 0 Å². The minimum atomic E-state index is 0.130. The van der Waals surface area contributed by atoms with E-state index in [2.05, 4.69) is 11.2 Å². The minimum Gasteiger partial charge on any atom is -0.366 e. The number of aliphatic imine (C=N–C) groups is 1. The molecule has 54 valence electrons. The van der Waals surface area contributed by atoms with E-state index < -0.39 is 0 Å². The summed E-state index contributed by atoms with van der Waals surface area (Å²) in [7, 11) is 0. The van der Waals surface area contributed by atoms with Gasteiger partial charge in [-0.2, -0.15) is 0 Å². The number of rotatable bonds is 0. The van der Waals surface area contributed by atoms with E-state index in [1.54, 1.807) is 0 Å². The van der Waals surface area contributed by atoms with Crippen LogP contribution in [0.5, 0.6) is 0 Å². The summed E-state index contributed by atoms with van der Waals surface area (Å²) < 4.78 is 5.83. The molecule has 2 nitrogen and oxygen atoms in total. The number of fused-ring (bicyclic) bond motifs is 1. The number of hydrogen-bond donors (Lipinski definition) is 0. The molecule has 3 aliphatic rings. The largest absolute Gasteiger partial charge is 0.366 e. The van der Waals surface area contributed by atoms with Gasteiger partial charge in [0.15, 0.2) is 0 Å². The van der Waals surface area contributed by atoms with Crippen molar-refractivity contribution in [1.29, 1.82) is 0 Å². The smallest absolute Gasteiger partial charge is 0.108 e. The molecule has 3 rings (SSSR count). The molecule has 3 atom stereocenters. The molecule has 3 heterocycles. The fourth-order valence-corrected chi connectivity index (χ4v) is 2.56. The predicted octanol–water partition coefficient (Wildman–Crippen LogP) is 1.01. The van der Waals surface area contributed by atoms with Gasteiger partial charge in [-0.25, -0.2) is 0 Å². The molecule has 0 aromatic rings. The van der Waals surface area contributed by atoms with E-state index in [1.807, 2.05) is 0 Å². The molecule has 10 heavy (non-hydrogen) atoms. The van der Waals surface area contributed by atoms with Crippen molar-refractivity contribution < 1.29 is 4.74 Å². The third-order valence-corrected chi connectivity index (χ3v) is 3.12. The molecule has 2 heteroatoms. The molecular formula is C8H11NO. The minimum absolute atomic E-state index is 0.130. The maximum atomic E-state index is 5.83. The SMILES string of the molecule is C1=NCC2CC3CCC12O3. The standard InChI is InChI=1S/C8H11NO/c1-2-8-5-9-4-6(8)3-7(1)10-8/h5-7H,1-4H2. The first-order valence-electron chi connectivity index (χ1n) is 4.08. The average molecular weight is 137 g/mol. The average Bonchev–Trinajstić information content (AvgIpc) is 2.48. The van der Waals surface area contributed by atoms with Crippen LogP contribution in [0, 0.1) is 5.92 Å². The topological polar surface area (TPSA) is 21.6 Å². The lowest BCUT2D eigenvalue weighted by atomic mass is 9.81. The van der Waals surface area contributed by atoms with Gasteiger partial charge in [0, 0.05) is 18.7 Å². The van der Waals surface area contributed by atoms with E-state index in [9.17, 15) is 0 Å². The zero-order valence-electron chi connectivity index (χ0n) is 5.92. The van der Waals surface area contributed by atoms with Gasteiger partial charge < -0.3 is 4.74 Å². The first kappa shape index (κ1) is 5.30. The Morgan fingerprint density at radius 1 is 1.60 bits per heavy atom. The number of hydrogen-bond acceptors (Lipinski definition) is 2. The molecule has 0 aromatic heterocycles. The maximum Gasteiger partial charge on any atom is 0.108 e. The van der Waals surface area contributed by atoms with Crippen molar-refractivity contribution in [2.24, 2.45) is 10.9 Å². The Kier molecular flexibility index (Phi) is 0.768. The van der Waals surface area contributed by atoms with E-state index in [1.165, 1.54) is 19.3 Å².